The summed E-state index contributed by atoms with van der Waals surface area (Å²) >= 11 is 5.49. The van der Waals surface area contributed by atoms with Crippen molar-refractivity contribution in [3.05, 3.63) is 0 Å². The molecule has 0 bridgehead atoms. The van der Waals surface area contributed by atoms with Crippen molar-refractivity contribution in [1.82, 2.24) is 0 Å². The molecule has 0 saturated heterocycles. The maximum atomic E-state index is 11.6. The molecule has 0 heterocycles. The number of unbranched alkanes of at least 4 members (excludes halogenated alkanes) is 5. The van der Waals surface area contributed by atoms with Crippen LogP contribution < -0.4 is 0 Å². The number of esters is 1. The fourth-order valence-corrected chi connectivity index (χ4v) is 2.70. The molecule has 0 saturated carbocycles. The van der Waals surface area contributed by atoms with Gasteiger partial charge in [-0.1, -0.05) is 39.0 Å². The molecule has 0 aromatic rings. The normalized spacial score (nSPS) is 11.2. The first kappa shape index (κ1) is 31.5. The van der Waals surface area contributed by atoms with Gasteiger partial charge in [0, 0.05) is 12.3 Å². The van der Waals surface area contributed by atoms with Crippen LogP contribution in [0.3, 0.4) is 0 Å². The minimum absolute atomic E-state index is 0.137. The van der Waals surface area contributed by atoms with Crippen molar-refractivity contribution in [3.8, 4) is 0 Å². The van der Waals surface area contributed by atoms with Gasteiger partial charge in [-0.2, -0.15) is 0 Å². The summed E-state index contributed by atoms with van der Waals surface area (Å²) in [7, 11) is 0. The van der Waals surface area contributed by atoms with Gasteiger partial charge >= 0.3 is 5.97 Å². The second-order valence-corrected chi connectivity index (χ2v) is 7.48. The lowest BCUT2D eigenvalue weighted by Gasteiger charge is -2.08. The second kappa shape index (κ2) is 28.6. The maximum absolute atomic E-state index is 11.6. The Morgan fingerprint density at radius 1 is 0.531 bits per heavy atom. The molecule has 192 valence electrons. The fourth-order valence-electron chi connectivity index (χ4n) is 2.59. The molecule has 32 heavy (non-hydrogen) atoms. The van der Waals surface area contributed by atoms with Crippen molar-refractivity contribution in [2.45, 2.75) is 51.9 Å². The molecule has 0 unspecified atom stereocenters. The Morgan fingerprint density at radius 3 is 1.34 bits per heavy atom. The van der Waals surface area contributed by atoms with E-state index in [1.54, 1.807) is 0 Å². The molecule has 0 atom stereocenters. The summed E-state index contributed by atoms with van der Waals surface area (Å²) in [6.07, 6.45) is 7.47. The molecule has 0 N–H and O–H groups in total. The zero-order chi connectivity index (χ0) is 23.4. The fraction of sp³-hybridized carbons (Fsp3) is 0.957. The van der Waals surface area contributed by atoms with Gasteiger partial charge in [-0.25, -0.2) is 0 Å². The van der Waals surface area contributed by atoms with Crippen molar-refractivity contribution in [3.63, 3.8) is 0 Å². The van der Waals surface area contributed by atoms with E-state index in [0.717, 1.165) is 12.8 Å². The average molecular weight is 485 g/mol. The average Bonchev–Trinajstić information content (AvgIpc) is 2.80. The number of hydrogen-bond acceptors (Lipinski definition) is 8. The Kier molecular flexibility index (Phi) is 28.1. The largest absolute Gasteiger partial charge is 0.463 e. The Balaban J connectivity index is 3.09. The highest BCUT2D eigenvalue weighted by atomic mass is 35.5. The van der Waals surface area contributed by atoms with Crippen LogP contribution >= 0.6 is 11.6 Å². The molecular weight excluding hydrogens is 440 g/mol. The van der Waals surface area contributed by atoms with E-state index in [-0.39, 0.29) is 5.97 Å². The minimum atomic E-state index is -0.137. The smallest absolute Gasteiger partial charge is 0.305 e. The highest BCUT2D eigenvalue weighted by molar-refractivity contribution is 6.17. The Morgan fingerprint density at radius 2 is 0.906 bits per heavy atom. The van der Waals surface area contributed by atoms with Gasteiger partial charge in [0.1, 0.15) is 6.61 Å². The summed E-state index contributed by atoms with van der Waals surface area (Å²) in [5, 5.41) is 0. The summed E-state index contributed by atoms with van der Waals surface area (Å²) in [5.74, 6) is 0.363. The molecule has 0 aliphatic heterocycles. The van der Waals surface area contributed by atoms with E-state index < -0.39 is 0 Å². The monoisotopic (exact) mass is 484 g/mol. The first-order valence-corrected chi connectivity index (χ1v) is 12.5. The zero-order valence-electron chi connectivity index (χ0n) is 20.0. The van der Waals surface area contributed by atoms with Gasteiger partial charge < -0.3 is 33.2 Å². The Labute approximate surface area is 199 Å². The first-order valence-electron chi connectivity index (χ1n) is 12.0. The van der Waals surface area contributed by atoms with Gasteiger partial charge in [0.25, 0.3) is 0 Å². The third-order valence-corrected chi connectivity index (χ3v) is 4.46. The number of alkyl halides is 1. The molecule has 0 aliphatic carbocycles. The van der Waals surface area contributed by atoms with Crippen molar-refractivity contribution < 1.29 is 38.0 Å². The lowest BCUT2D eigenvalue weighted by atomic mass is 10.1. The van der Waals surface area contributed by atoms with Gasteiger partial charge in [-0.3, -0.25) is 4.79 Å². The number of carbonyl (C=O) groups excluding carboxylic acids is 1. The number of carbonyl (C=O) groups is 1. The van der Waals surface area contributed by atoms with Crippen LogP contribution in [0.25, 0.3) is 0 Å². The molecular formula is C23H45ClO8. The van der Waals surface area contributed by atoms with E-state index in [2.05, 4.69) is 6.92 Å². The molecule has 0 amide bonds. The molecule has 0 fully saturated rings. The summed E-state index contributed by atoms with van der Waals surface area (Å²) in [6, 6.07) is 0. The highest BCUT2D eigenvalue weighted by Crippen LogP contribution is 2.07. The predicted molar refractivity (Wildman–Crippen MR) is 125 cm³/mol. The van der Waals surface area contributed by atoms with E-state index in [1.165, 1.54) is 25.7 Å². The zero-order valence-corrected chi connectivity index (χ0v) is 20.7. The van der Waals surface area contributed by atoms with Gasteiger partial charge in [0.15, 0.2) is 0 Å². The standard InChI is InChI=1S/C23H45ClO8/c1-2-3-4-5-6-7-8-23(25)32-22-21-31-20-19-30-18-17-29-16-15-28-14-13-27-12-11-26-10-9-24/h2-22H2,1H3. The second-order valence-electron chi connectivity index (χ2n) is 7.10. The van der Waals surface area contributed by atoms with Crippen LogP contribution in [0.15, 0.2) is 0 Å². The van der Waals surface area contributed by atoms with Crippen molar-refractivity contribution >= 4 is 17.6 Å². The molecule has 0 rings (SSSR count). The molecule has 9 heteroatoms. The minimum Gasteiger partial charge on any atom is -0.463 e. The van der Waals surface area contributed by atoms with Crippen LogP contribution in [-0.2, 0) is 38.0 Å². The van der Waals surface area contributed by atoms with Gasteiger partial charge in [0.05, 0.1) is 79.3 Å². The third-order valence-electron chi connectivity index (χ3n) is 4.31. The number of ether oxygens (including phenoxy) is 7. The highest BCUT2D eigenvalue weighted by Gasteiger charge is 2.02. The predicted octanol–water partition coefficient (Wildman–Crippen LogP) is 3.62. The topological polar surface area (TPSA) is 81.7 Å². The number of rotatable bonds is 27. The summed E-state index contributed by atoms with van der Waals surface area (Å²) in [4.78, 5) is 11.6. The van der Waals surface area contributed by atoms with Crippen molar-refractivity contribution in [2.24, 2.45) is 0 Å². The Hall–Kier alpha value is -0.480. The quantitative estimate of drug-likeness (QED) is 0.0993. The van der Waals surface area contributed by atoms with E-state index in [4.69, 9.17) is 44.8 Å². The van der Waals surface area contributed by atoms with Crippen LogP contribution in [0.4, 0.5) is 0 Å². The van der Waals surface area contributed by atoms with Crippen LogP contribution in [0.1, 0.15) is 51.9 Å². The van der Waals surface area contributed by atoms with Crippen LogP contribution in [0.5, 0.6) is 0 Å². The van der Waals surface area contributed by atoms with E-state index in [0.29, 0.717) is 98.2 Å². The molecule has 0 aliphatic rings. The SMILES string of the molecule is CCCCCCCCC(=O)OCCOCCOCCOCCOCCOCCOCCCl. The summed E-state index contributed by atoms with van der Waals surface area (Å²) in [5.41, 5.74) is 0. The van der Waals surface area contributed by atoms with E-state index in [1.807, 2.05) is 0 Å². The molecule has 0 spiro atoms. The summed E-state index contributed by atoms with van der Waals surface area (Å²) in [6.45, 7) is 8.59. The maximum Gasteiger partial charge on any atom is 0.305 e. The van der Waals surface area contributed by atoms with Crippen LogP contribution in [-0.4, -0.2) is 97.7 Å². The van der Waals surface area contributed by atoms with Crippen LogP contribution in [0, 0.1) is 0 Å². The van der Waals surface area contributed by atoms with Gasteiger partial charge in [-0.05, 0) is 6.42 Å². The molecule has 0 aromatic carbocycles. The first-order chi connectivity index (χ1) is 15.8. The number of halogens is 1. The van der Waals surface area contributed by atoms with Crippen molar-refractivity contribution in [1.29, 1.82) is 0 Å². The van der Waals surface area contributed by atoms with Gasteiger partial charge in [-0.15, -0.1) is 11.6 Å². The van der Waals surface area contributed by atoms with E-state index in [9.17, 15) is 4.79 Å². The lowest BCUT2D eigenvalue weighted by Crippen LogP contribution is -2.15. The molecule has 0 aromatic heterocycles. The Bertz CT molecular complexity index is 374. The number of hydrogen-bond donors (Lipinski definition) is 0. The van der Waals surface area contributed by atoms with Gasteiger partial charge in [0.2, 0.25) is 0 Å². The van der Waals surface area contributed by atoms with Crippen molar-refractivity contribution in [2.75, 3.05) is 91.8 Å². The van der Waals surface area contributed by atoms with E-state index >= 15 is 0 Å². The third kappa shape index (κ3) is 27.6. The lowest BCUT2D eigenvalue weighted by molar-refractivity contribution is -0.145. The molecule has 8 nitrogen and oxygen atoms in total. The molecule has 0 radical (unpaired) electrons. The summed E-state index contributed by atoms with van der Waals surface area (Å²) < 4.78 is 37.3. The van der Waals surface area contributed by atoms with Crippen LogP contribution in [0.2, 0.25) is 0 Å².